The first-order chi connectivity index (χ1) is 15.4. The minimum absolute atomic E-state index is 0.152. The maximum absolute atomic E-state index is 13.6. The lowest BCUT2D eigenvalue weighted by Gasteiger charge is -2.29. The minimum atomic E-state index is -1.35. The smallest absolute Gasteiger partial charge is 0.250 e. The molecule has 2 aromatic rings. The number of imide groups is 1. The van der Waals surface area contributed by atoms with Gasteiger partial charge in [-0.2, -0.15) is 0 Å². The van der Waals surface area contributed by atoms with Crippen molar-refractivity contribution in [2.24, 2.45) is 11.8 Å². The summed E-state index contributed by atoms with van der Waals surface area (Å²) in [5.41, 5.74) is 0.646. The number of fused-ring (bicyclic) bond motifs is 4. The van der Waals surface area contributed by atoms with E-state index in [1.165, 1.54) is 4.90 Å². The van der Waals surface area contributed by atoms with E-state index in [2.05, 4.69) is 10.6 Å². The van der Waals surface area contributed by atoms with E-state index in [1.807, 2.05) is 6.92 Å². The third-order valence-electron chi connectivity index (χ3n) is 6.92. The Hall–Kier alpha value is -2.90. The highest BCUT2D eigenvalue weighted by molar-refractivity contribution is 6.35. The fourth-order valence-corrected chi connectivity index (χ4v) is 5.67. The number of nitrogens with one attached hydrogen (secondary N) is 2. The van der Waals surface area contributed by atoms with E-state index in [4.69, 9.17) is 11.6 Å². The molecule has 0 radical (unpaired) electrons. The lowest BCUT2D eigenvalue weighted by Crippen LogP contribution is -2.53. The van der Waals surface area contributed by atoms with Crippen molar-refractivity contribution in [1.82, 2.24) is 10.2 Å². The molecule has 0 bridgehead atoms. The van der Waals surface area contributed by atoms with Crippen LogP contribution in [0.2, 0.25) is 5.02 Å². The number of carbonyl (C=O) groups is 3. The van der Waals surface area contributed by atoms with Crippen LogP contribution in [0.4, 0.5) is 5.69 Å². The fraction of sp³-hybridized carbons (Fsp3) is 0.375. The van der Waals surface area contributed by atoms with Crippen molar-refractivity contribution in [3.63, 3.8) is 0 Å². The second-order valence-corrected chi connectivity index (χ2v) is 9.14. The van der Waals surface area contributed by atoms with Crippen LogP contribution in [0, 0.1) is 11.8 Å². The molecule has 32 heavy (non-hydrogen) atoms. The number of halogens is 1. The molecule has 2 fully saturated rings. The highest BCUT2D eigenvalue weighted by atomic mass is 35.5. The molecule has 2 saturated heterocycles. The fourth-order valence-electron chi connectivity index (χ4n) is 5.45. The molecular weight excluding hydrogens is 430 g/mol. The van der Waals surface area contributed by atoms with Gasteiger partial charge in [0.05, 0.1) is 22.5 Å². The molecule has 3 amide bonds. The van der Waals surface area contributed by atoms with Gasteiger partial charge in [0.25, 0.3) is 0 Å². The first-order valence-electron chi connectivity index (χ1n) is 10.9. The first-order valence-corrected chi connectivity index (χ1v) is 11.3. The summed E-state index contributed by atoms with van der Waals surface area (Å²) in [7, 11) is 0. The number of para-hydroxylation sites is 1. The van der Waals surface area contributed by atoms with Gasteiger partial charge in [0.15, 0.2) is 0 Å². The number of amides is 3. The number of anilines is 1. The van der Waals surface area contributed by atoms with Gasteiger partial charge in [-0.15, -0.1) is 0 Å². The number of carbonyl (C=O) groups excluding carboxylic acids is 3. The summed E-state index contributed by atoms with van der Waals surface area (Å²) in [5.74, 6) is -2.25. The summed E-state index contributed by atoms with van der Waals surface area (Å²) in [4.78, 5) is 41.8. The van der Waals surface area contributed by atoms with Crippen LogP contribution >= 0.6 is 11.6 Å². The van der Waals surface area contributed by atoms with E-state index >= 15 is 0 Å². The molecule has 5 rings (SSSR count). The van der Waals surface area contributed by atoms with E-state index in [0.29, 0.717) is 35.7 Å². The Labute approximate surface area is 190 Å². The van der Waals surface area contributed by atoms with Gasteiger partial charge in [0.2, 0.25) is 17.7 Å². The third-order valence-corrected chi connectivity index (χ3v) is 7.23. The number of phenolic OH excluding ortho intramolecular Hbond substituents is 1. The topological polar surface area (TPSA) is 98.7 Å². The summed E-state index contributed by atoms with van der Waals surface area (Å²) < 4.78 is 0. The maximum atomic E-state index is 13.6. The SMILES string of the molecule is CCCCN1C(=O)C2C(Cc3ccc(O)cc3)NC3(C(=O)Nc4c(Cl)cccc43)C2C1=O. The molecule has 8 heteroatoms. The first kappa shape index (κ1) is 21.0. The molecule has 166 valence electrons. The van der Waals surface area contributed by atoms with Crippen molar-refractivity contribution in [3.8, 4) is 5.75 Å². The van der Waals surface area contributed by atoms with Crippen LogP contribution in [-0.2, 0) is 26.3 Å². The van der Waals surface area contributed by atoms with Crippen LogP contribution in [0.15, 0.2) is 42.5 Å². The quantitative estimate of drug-likeness (QED) is 0.605. The molecule has 3 aliphatic heterocycles. The zero-order valence-electron chi connectivity index (χ0n) is 17.6. The number of benzene rings is 2. The van der Waals surface area contributed by atoms with Crippen LogP contribution in [0.25, 0.3) is 0 Å². The number of unbranched alkanes of at least 4 members (excludes halogenated alkanes) is 1. The van der Waals surface area contributed by atoms with Gasteiger partial charge in [-0.25, -0.2) is 0 Å². The van der Waals surface area contributed by atoms with Crippen molar-refractivity contribution < 1.29 is 19.5 Å². The molecule has 0 aliphatic carbocycles. The standard InChI is InChI=1S/C24H24ClN3O4/c1-2-3-11-28-21(30)18-17(12-13-7-9-14(29)10-8-13)27-24(19(18)22(28)31)15-5-4-6-16(25)20(15)26-23(24)32/h4-10,17-19,27,29H,2-3,11-12H2,1H3,(H,26,32). The van der Waals surface area contributed by atoms with Gasteiger partial charge in [-0.05, 0) is 36.6 Å². The van der Waals surface area contributed by atoms with Crippen LogP contribution in [0.1, 0.15) is 30.9 Å². The number of phenols is 1. The lowest BCUT2D eigenvalue weighted by atomic mass is 9.76. The Balaban J connectivity index is 1.61. The summed E-state index contributed by atoms with van der Waals surface area (Å²) in [6.07, 6.45) is 2.01. The zero-order valence-corrected chi connectivity index (χ0v) is 18.4. The van der Waals surface area contributed by atoms with E-state index in [0.717, 1.165) is 12.0 Å². The summed E-state index contributed by atoms with van der Waals surface area (Å²) in [6.45, 7) is 2.36. The summed E-state index contributed by atoms with van der Waals surface area (Å²) >= 11 is 6.35. The minimum Gasteiger partial charge on any atom is -0.508 e. The highest BCUT2D eigenvalue weighted by Gasteiger charge is 2.70. The number of likely N-dealkylation sites (tertiary alicyclic amines) is 1. The van der Waals surface area contributed by atoms with Gasteiger partial charge >= 0.3 is 0 Å². The number of hydrogen-bond donors (Lipinski definition) is 3. The predicted octanol–water partition coefficient (Wildman–Crippen LogP) is 2.81. The van der Waals surface area contributed by atoms with E-state index in [-0.39, 0.29) is 23.5 Å². The average Bonchev–Trinajstić information content (AvgIpc) is 3.35. The van der Waals surface area contributed by atoms with E-state index < -0.39 is 23.4 Å². The van der Waals surface area contributed by atoms with Crippen LogP contribution in [0.5, 0.6) is 5.75 Å². The average molecular weight is 454 g/mol. The molecule has 4 unspecified atom stereocenters. The number of rotatable bonds is 5. The summed E-state index contributed by atoms with van der Waals surface area (Å²) in [6, 6.07) is 11.5. The Morgan fingerprint density at radius 2 is 1.84 bits per heavy atom. The van der Waals surface area contributed by atoms with E-state index in [9.17, 15) is 19.5 Å². The highest BCUT2D eigenvalue weighted by Crippen LogP contribution is 2.54. The second kappa shape index (κ2) is 7.60. The molecule has 7 nitrogen and oxygen atoms in total. The molecular formula is C24H24ClN3O4. The Kier molecular flexibility index (Phi) is 4.98. The van der Waals surface area contributed by atoms with Crippen molar-refractivity contribution in [1.29, 1.82) is 0 Å². The molecule has 4 atom stereocenters. The van der Waals surface area contributed by atoms with Crippen molar-refractivity contribution in [2.75, 3.05) is 11.9 Å². The molecule has 3 N–H and O–H groups in total. The maximum Gasteiger partial charge on any atom is 0.250 e. The van der Waals surface area contributed by atoms with Gasteiger partial charge in [-0.3, -0.25) is 24.6 Å². The Morgan fingerprint density at radius 3 is 2.56 bits per heavy atom. The molecule has 2 aromatic carbocycles. The Bertz CT molecular complexity index is 1120. The van der Waals surface area contributed by atoms with Crippen molar-refractivity contribution in [2.45, 2.75) is 37.8 Å². The monoisotopic (exact) mass is 453 g/mol. The molecule has 3 heterocycles. The number of aromatic hydroxyl groups is 1. The largest absolute Gasteiger partial charge is 0.508 e. The summed E-state index contributed by atoms with van der Waals surface area (Å²) in [5, 5.41) is 16.3. The zero-order chi connectivity index (χ0) is 22.6. The van der Waals surface area contributed by atoms with Crippen molar-refractivity contribution in [3.05, 3.63) is 58.6 Å². The van der Waals surface area contributed by atoms with Gasteiger partial charge in [0, 0.05) is 18.2 Å². The number of nitrogens with zero attached hydrogens (tertiary/aromatic N) is 1. The molecule has 3 aliphatic rings. The third kappa shape index (κ3) is 2.88. The molecule has 0 saturated carbocycles. The molecule has 1 spiro atoms. The predicted molar refractivity (Wildman–Crippen MR) is 119 cm³/mol. The Morgan fingerprint density at radius 1 is 1.09 bits per heavy atom. The van der Waals surface area contributed by atoms with Gasteiger partial charge in [-0.1, -0.05) is 49.2 Å². The van der Waals surface area contributed by atoms with Gasteiger partial charge in [0.1, 0.15) is 11.3 Å². The van der Waals surface area contributed by atoms with Crippen LogP contribution < -0.4 is 10.6 Å². The lowest BCUT2D eigenvalue weighted by molar-refractivity contribution is -0.142. The van der Waals surface area contributed by atoms with Crippen LogP contribution in [-0.4, -0.2) is 40.3 Å². The second-order valence-electron chi connectivity index (χ2n) is 8.73. The molecule has 0 aromatic heterocycles. The number of hydrogen-bond acceptors (Lipinski definition) is 5. The van der Waals surface area contributed by atoms with Gasteiger partial charge < -0.3 is 10.4 Å². The normalized spacial score (nSPS) is 28.4. The van der Waals surface area contributed by atoms with Crippen molar-refractivity contribution >= 4 is 35.0 Å². The van der Waals surface area contributed by atoms with E-state index in [1.54, 1.807) is 42.5 Å². The van der Waals surface area contributed by atoms with Crippen LogP contribution in [0.3, 0.4) is 0 Å².